The Morgan fingerprint density at radius 3 is 3.00 bits per heavy atom. The molecular formula is C16H22N2O2. The molecule has 1 fully saturated rings. The molecule has 2 heterocycles. The van der Waals surface area contributed by atoms with Crippen LogP contribution in [-0.4, -0.2) is 42.3 Å². The van der Waals surface area contributed by atoms with Crippen molar-refractivity contribution in [2.75, 3.05) is 26.2 Å². The maximum atomic E-state index is 9.24. The zero-order valence-corrected chi connectivity index (χ0v) is 11.7. The Morgan fingerprint density at radius 1 is 1.35 bits per heavy atom. The second-order valence-corrected chi connectivity index (χ2v) is 5.50. The van der Waals surface area contributed by atoms with Crippen molar-refractivity contribution in [1.29, 1.82) is 0 Å². The van der Waals surface area contributed by atoms with Crippen LogP contribution in [0.25, 0.3) is 11.0 Å². The van der Waals surface area contributed by atoms with Gasteiger partial charge in [-0.25, -0.2) is 0 Å². The summed E-state index contributed by atoms with van der Waals surface area (Å²) in [4.78, 5) is 2.26. The zero-order valence-electron chi connectivity index (χ0n) is 11.7. The number of benzene rings is 1. The van der Waals surface area contributed by atoms with Gasteiger partial charge in [0.1, 0.15) is 11.3 Å². The molecule has 4 nitrogen and oxygen atoms in total. The Balaban J connectivity index is 1.68. The number of fused-ring (bicyclic) bond motifs is 1. The molecule has 0 bridgehead atoms. The summed E-state index contributed by atoms with van der Waals surface area (Å²) in [5, 5.41) is 13.9. The van der Waals surface area contributed by atoms with Gasteiger partial charge < -0.3 is 14.8 Å². The van der Waals surface area contributed by atoms with E-state index in [-0.39, 0.29) is 6.61 Å². The summed E-state index contributed by atoms with van der Waals surface area (Å²) in [7, 11) is 0. The van der Waals surface area contributed by atoms with Crippen LogP contribution < -0.4 is 5.32 Å². The van der Waals surface area contributed by atoms with Gasteiger partial charge in [-0.15, -0.1) is 0 Å². The minimum atomic E-state index is 0.187. The maximum Gasteiger partial charge on any atom is 0.134 e. The van der Waals surface area contributed by atoms with E-state index in [4.69, 9.17) is 4.42 Å². The minimum Gasteiger partial charge on any atom is -0.460 e. The molecule has 0 radical (unpaired) electrons. The number of hydrogen-bond acceptors (Lipinski definition) is 4. The summed E-state index contributed by atoms with van der Waals surface area (Å²) < 4.78 is 5.87. The van der Waals surface area contributed by atoms with Gasteiger partial charge in [0.15, 0.2) is 0 Å². The van der Waals surface area contributed by atoms with E-state index in [0.717, 1.165) is 36.4 Å². The number of para-hydroxylation sites is 1. The van der Waals surface area contributed by atoms with Crippen LogP contribution in [0.15, 0.2) is 34.7 Å². The average molecular weight is 274 g/mol. The van der Waals surface area contributed by atoms with Gasteiger partial charge in [0.05, 0.1) is 13.2 Å². The van der Waals surface area contributed by atoms with E-state index in [0.29, 0.717) is 12.6 Å². The summed E-state index contributed by atoms with van der Waals surface area (Å²) in [5.74, 6) is 0.970. The molecule has 108 valence electrons. The van der Waals surface area contributed by atoms with Crippen molar-refractivity contribution >= 4 is 11.0 Å². The number of hydrogen-bond donors (Lipinski definition) is 2. The zero-order chi connectivity index (χ0) is 13.8. The van der Waals surface area contributed by atoms with E-state index < -0.39 is 0 Å². The molecule has 2 aromatic rings. The average Bonchev–Trinajstić information content (AvgIpc) is 3.07. The normalized spacial score (nSPS) is 19.2. The van der Waals surface area contributed by atoms with Crippen LogP contribution in [0.2, 0.25) is 0 Å². The standard InChI is InChI=1S/C16H22N2O2/c19-9-8-18(11-14-5-3-7-17-14)12-15-10-13-4-1-2-6-16(13)20-15/h1-2,4,6,10,14,17,19H,3,5,7-9,11-12H2. The lowest BCUT2D eigenvalue weighted by Crippen LogP contribution is -2.38. The van der Waals surface area contributed by atoms with E-state index in [1.54, 1.807) is 0 Å². The molecule has 0 spiro atoms. The quantitative estimate of drug-likeness (QED) is 0.845. The van der Waals surface area contributed by atoms with Crippen molar-refractivity contribution in [2.45, 2.75) is 25.4 Å². The molecule has 0 aliphatic carbocycles. The Hall–Kier alpha value is -1.36. The largest absolute Gasteiger partial charge is 0.460 e. The molecular weight excluding hydrogens is 252 g/mol. The second-order valence-electron chi connectivity index (χ2n) is 5.50. The summed E-state index contributed by atoms with van der Waals surface area (Å²) in [6.07, 6.45) is 2.48. The molecule has 1 saturated heterocycles. The fourth-order valence-corrected chi connectivity index (χ4v) is 2.94. The van der Waals surface area contributed by atoms with E-state index in [1.165, 1.54) is 12.8 Å². The smallest absolute Gasteiger partial charge is 0.134 e. The van der Waals surface area contributed by atoms with Gasteiger partial charge in [-0.3, -0.25) is 4.90 Å². The summed E-state index contributed by atoms with van der Waals surface area (Å²) in [5.41, 5.74) is 0.936. The monoisotopic (exact) mass is 274 g/mol. The van der Waals surface area contributed by atoms with Gasteiger partial charge in [0.25, 0.3) is 0 Å². The number of aliphatic hydroxyl groups is 1. The third-order valence-electron chi connectivity index (χ3n) is 3.91. The van der Waals surface area contributed by atoms with Gasteiger partial charge in [-0.05, 0) is 31.5 Å². The van der Waals surface area contributed by atoms with E-state index in [1.807, 2.05) is 18.2 Å². The number of rotatable bonds is 6. The molecule has 1 unspecified atom stereocenters. The first-order valence-corrected chi connectivity index (χ1v) is 7.39. The lowest BCUT2D eigenvalue weighted by atomic mass is 10.2. The number of nitrogens with one attached hydrogen (secondary N) is 1. The lowest BCUT2D eigenvalue weighted by molar-refractivity contribution is 0.171. The van der Waals surface area contributed by atoms with Crippen molar-refractivity contribution < 1.29 is 9.52 Å². The SMILES string of the molecule is OCCN(Cc1cc2ccccc2o1)CC1CCCN1. The minimum absolute atomic E-state index is 0.187. The number of nitrogens with zero attached hydrogens (tertiary/aromatic N) is 1. The molecule has 1 aliphatic rings. The van der Waals surface area contributed by atoms with Crippen LogP contribution in [0.5, 0.6) is 0 Å². The van der Waals surface area contributed by atoms with Crippen LogP contribution in [0.3, 0.4) is 0 Å². The van der Waals surface area contributed by atoms with Crippen molar-refractivity contribution in [3.63, 3.8) is 0 Å². The van der Waals surface area contributed by atoms with Gasteiger partial charge in [0.2, 0.25) is 0 Å². The van der Waals surface area contributed by atoms with Crippen molar-refractivity contribution in [2.24, 2.45) is 0 Å². The van der Waals surface area contributed by atoms with Crippen molar-refractivity contribution in [3.8, 4) is 0 Å². The number of aliphatic hydroxyl groups excluding tert-OH is 1. The fraction of sp³-hybridized carbons (Fsp3) is 0.500. The predicted molar refractivity (Wildman–Crippen MR) is 79.6 cm³/mol. The summed E-state index contributed by atoms with van der Waals surface area (Å²) >= 11 is 0. The Kier molecular flexibility index (Phi) is 4.35. The van der Waals surface area contributed by atoms with Crippen molar-refractivity contribution in [1.82, 2.24) is 10.2 Å². The highest BCUT2D eigenvalue weighted by Gasteiger charge is 2.18. The molecule has 1 aromatic heterocycles. The molecule has 2 N–H and O–H groups in total. The van der Waals surface area contributed by atoms with Crippen LogP contribution in [0, 0.1) is 0 Å². The third-order valence-corrected chi connectivity index (χ3v) is 3.91. The highest BCUT2D eigenvalue weighted by Crippen LogP contribution is 2.20. The molecule has 0 saturated carbocycles. The van der Waals surface area contributed by atoms with Crippen LogP contribution in [0.1, 0.15) is 18.6 Å². The highest BCUT2D eigenvalue weighted by molar-refractivity contribution is 5.77. The fourth-order valence-electron chi connectivity index (χ4n) is 2.94. The molecule has 0 amide bonds. The lowest BCUT2D eigenvalue weighted by Gasteiger charge is -2.23. The number of furan rings is 1. The van der Waals surface area contributed by atoms with Crippen molar-refractivity contribution in [3.05, 3.63) is 36.1 Å². The van der Waals surface area contributed by atoms with Crippen LogP contribution >= 0.6 is 0 Å². The van der Waals surface area contributed by atoms with Gasteiger partial charge >= 0.3 is 0 Å². The van der Waals surface area contributed by atoms with Crippen LogP contribution in [0.4, 0.5) is 0 Å². The molecule has 4 heteroatoms. The first-order valence-electron chi connectivity index (χ1n) is 7.39. The summed E-state index contributed by atoms with van der Waals surface area (Å²) in [6, 6.07) is 10.7. The first kappa shape index (κ1) is 13.6. The maximum absolute atomic E-state index is 9.24. The Morgan fingerprint density at radius 2 is 2.25 bits per heavy atom. The third kappa shape index (κ3) is 3.20. The topological polar surface area (TPSA) is 48.6 Å². The summed E-state index contributed by atoms with van der Waals surface area (Å²) in [6.45, 7) is 3.72. The molecule has 1 aliphatic heterocycles. The van der Waals surface area contributed by atoms with Gasteiger partial charge in [-0.2, -0.15) is 0 Å². The van der Waals surface area contributed by atoms with Gasteiger partial charge in [-0.1, -0.05) is 18.2 Å². The van der Waals surface area contributed by atoms with E-state index >= 15 is 0 Å². The van der Waals surface area contributed by atoms with Crippen LogP contribution in [-0.2, 0) is 6.54 Å². The molecule has 1 atom stereocenters. The first-order chi connectivity index (χ1) is 9.85. The second kappa shape index (κ2) is 6.39. The molecule has 1 aromatic carbocycles. The Bertz CT molecular complexity index is 513. The molecule has 3 rings (SSSR count). The van der Waals surface area contributed by atoms with E-state index in [9.17, 15) is 5.11 Å². The predicted octanol–water partition coefficient (Wildman–Crippen LogP) is 1.98. The van der Waals surface area contributed by atoms with Gasteiger partial charge in [0, 0.05) is 24.5 Å². The van der Waals surface area contributed by atoms with E-state index in [2.05, 4.69) is 22.3 Å². The highest BCUT2D eigenvalue weighted by atomic mass is 16.3. The Labute approximate surface area is 119 Å². The molecule has 20 heavy (non-hydrogen) atoms.